The number of aliphatic hydroxyl groups is 1. The van der Waals surface area contributed by atoms with Crippen molar-refractivity contribution in [1.82, 2.24) is 5.32 Å². The van der Waals surface area contributed by atoms with E-state index in [2.05, 4.69) is 14.6 Å². The van der Waals surface area contributed by atoms with Crippen LogP contribution in [0.3, 0.4) is 0 Å². The lowest BCUT2D eigenvalue weighted by Crippen LogP contribution is -2.45. The van der Waals surface area contributed by atoms with Crippen LogP contribution in [0.2, 0.25) is 0 Å². The molecule has 0 bridgehead atoms. The average molecular weight is 335 g/mol. The molecule has 0 aromatic heterocycles. The van der Waals surface area contributed by atoms with Gasteiger partial charge in [0.2, 0.25) is 6.41 Å². The summed E-state index contributed by atoms with van der Waals surface area (Å²) < 4.78 is 24.8. The largest absolute Gasteiger partial charge is 0.527 e. The van der Waals surface area contributed by atoms with E-state index in [9.17, 15) is 19.4 Å². The summed E-state index contributed by atoms with van der Waals surface area (Å²) in [6, 6.07) is 4.81. The average Bonchev–Trinajstić information content (AvgIpc) is 2.47. The van der Waals surface area contributed by atoms with Crippen molar-refractivity contribution in [2.24, 2.45) is 0 Å². The van der Waals surface area contributed by atoms with Gasteiger partial charge in [-0.05, 0) is 24.1 Å². The van der Waals surface area contributed by atoms with Crippen LogP contribution in [0.15, 0.2) is 24.3 Å². The van der Waals surface area contributed by atoms with Crippen molar-refractivity contribution in [3.63, 3.8) is 0 Å². The van der Waals surface area contributed by atoms with Crippen molar-refractivity contribution >= 4 is 13.8 Å². The Morgan fingerprint density at radius 3 is 2.36 bits per heavy atom. The van der Waals surface area contributed by atoms with Gasteiger partial charge in [0, 0.05) is 14.2 Å². The van der Waals surface area contributed by atoms with Gasteiger partial charge in [-0.1, -0.05) is 12.1 Å². The first kappa shape index (κ1) is 18.6. The number of aliphatic carboxylic acids is 1. The first-order valence-electron chi connectivity index (χ1n) is 6.14. The number of hydrogen-bond acceptors (Lipinski definition) is 7. The molecule has 124 valence electrons. The highest BCUT2D eigenvalue weighted by molar-refractivity contribution is 7.47. The molecule has 0 saturated heterocycles. The Bertz CT molecular complexity index is 534. The van der Waals surface area contributed by atoms with Crippen molar-refractivity contribution in [2.75, 3.05) is 14.2 Å². The zero-order valence-electron chi connectivity index (χ0n) is 12.0. The molecule has 0 radical (unpaired) electrons. The summed E-state index contributed by atoms with van der Waals surface area (Å²) in [5.74, 6) is -1.05. The molecule has 22 heavy (non-hydrogen) atoms. The Morgan fingerprint density at radius 1 is 1.32 bits per heavy atom. The number of carboxylic acid groups (broad SMARTS) is 1. The van der Waals surface area contributed by atoms with Crippen LogP contribution in [0.1, 0.15) is 5.56 Å². The molecule has 0 heterocycles. The lowest BCUT2D eigenvalue weighted by molar-refractivity contribution is -0.147. The number of aliphatic hydroxyl groups excluding tert-OH is 1. The van der Waals surface area contributed by atoms with Gasteiger partial charge in [-0.3, -0.25) is 19.5 Å². The standard InChI is InChI=1S/C12H18NO8P/c1-19-12(16)13-10(11(14)15)7-8-3-5-9(6-4-8)21-22(17,18)20-2/h3-6,10,12-13,16H,7H2,1-2H3,(H,14,15)(H,17,18). The quantitative estimate of drug-likeness (QED) is 0.371. The molecule has 0 fully saturated rings. The van der Waals surface area contributed by atoms with Crippen LogP contribution >= 0.6 is 7.82 Å². The Morgan fingerprint density at radius 2 is 1.91 bits per heavy atom. The maximum absolute atomic E-state index is 11.2. The van der Waals surface area contributed by atoms with Gasteiger partial charge in [-0.15, -0.1) is 0 Å². The summed E-state index contributed by atoms with van der Waals surface area (Å²) in [6.07, 6.45) is -1.33. The van der Waals surface area contributed by atoms with E-state index in [4.69, 9.17) is 9.63 Å². The number of ether oxygens (including phenoxy) is 1. The third kappa shape index (κ3) is 6.10. The molecule has 0 aliphatic carbocycles. The molecule has 1 rings (SSSR count). The topological polar surface area (TPSA) is 135 Å². The second kappa shape index (κ2) is 8.23. The number of benzene rings is 1. The summed E-state index contributed by atoms with van der Waals surface area (Å²) in [4.78, 5) is 20.3. The Hall–Kier alpha value is -1.48. The highest BCUT2D eigenvalue weighted by Crippen LogP contribution is 2.42. The molecule has 1 aromatic carbocycles. The van der Waals surface area contributed by atoms with E-state index >= 15 is 0 Å². The first-order valence-corrected chi connectivity index (χ1v) is 7.63. The number of methoxy groups -OCH3 is 1. The molecule has 3 unspecified atom stereocenters. The van der Waals surface area contributed by atoms with Crippen LogP contribution in [-0.2, 0) is 25.0 Å². The van der Waals surface area contributed by atoms with Gasteiger partial charge >= 0.3 is 13.8 Å². The van der Waals surface area contributed by atoms with Gasteiger partial charge < -0.3 is 19.5 Å². The van der Waals surface area contributed by atoms with E-state index in [0.29, 0.717) is 5.56 Å². The van der Waals surface area contributed by atoms with Crippen LogP contribution < -0.4 is 9.84 Å². The zero-order chi connectivity index (χ0) is 16.8. The van der Waals surface area contributed by atoms with E-state index in [1.165, 1.54) is 31.4 Å². The fourth-order valence-electron chi connectivity index (χ4n) is 1.55. The van der Waals surface area contributed by atoms with Gasteiger partial charge in [0.15, 0.2) is 0 Å². The molecule has 1 aromatic rings. The summed E-state index contributed by atoms with van der Waals surface area (Å²) in [5.41, 5.74) is 0.612. The number of carbonyl (C=O) groups is 1. The minimum absolute atomic E-state index is 0.0666. The molecule has 10 heteroatoms. The Balaban J connectivity index is 2.73. The molecular weight excluding hydrogens is 317 g/mol. The molecule has 3 atom stereocenters. The van der Waals surface area contributed by atoms with E-state index in [-0.39, 0.29) is 12.2 Å². The molecule has 0 saturated carbocycles. The molecule has 4 N–H and O–H groups in total. The number of rotatable bonds is 9. The predicted octanol–water partition coefficient (Wildman–Crippen LogP) is 0.320. The smallest absolute Gasteiger partial charge is 0.480 e. The number of phosphoric ester groups is 1. The second-order valence-corrected chi connectivity index (χ2v) is 5.72. The first-order chi connectivity index (χ1) is 10.3. The summed E-state index contributed by atoms with van der Waals surface area (Å²) in [5, 5.41) is 20.7. The van der Waals surface area contributed by atoms with Gasteiger partial charge in [-0.2, -0.15) is 0 Å². The molecule has 0 spiro atoms. The number of hydrogen-bond donors (Lipinski definition) is 4. The van der Waals surface area contributed by atoms with Crippen molar-refractivity contribution in [2.45, 2.75) is 18.9 Å². The minimum atomic E-state index is -4.13. The van der Waals surface area contributed by atoms with Crippen molar-refractivity contribution in [1.29, 1.82) is 0 Å². The summed E-state index contributed by atoms with van der Waals surface area (Å²) in [7, 11) is -1.86. The van der Waals surface area contributed by atoms with E-state index in [0.717, 1.165) is 7.11 Å². The molecule has 0 aliphatic rings. The summed E-state index contributed by atoms with van der Waals surface area (Å²) >= 11 is 0. The van der Waals surface area contributed by atoms with Crippen molar-refractivity contribution in [3.05, 3.63) is 29.8 Å². The predicted molar refractivity (Wildman–Crippen MR) is 75.2 cm³/mol. The van der Waals surface area contributed by atoms with Gasteiger partial charge in [0.25, 0.3) is 0 Å². The molecular formula is C12H18NO8P. The van der Waals surface area contributed by atoms with Crippen molar-refractivity contribution in [3.8, 4) is 5.75 Å². The van der Waals surface area contributed by atoms with Gasteiger partial charge in [0.1, 0.15) is 11.8 Å². The van der Waals surface area contributed by atoms with Crippen LogP contribution in [0.4, 0.5) is 0 Å². The summed E-state index contributed by atoms with van der Waals surface area (Å²) in [6.45, 7) is 0. The zero-order valence-corrected chi connectivity index (χ0v) is 12.9. The third-order valence-electron chi connectivity index (χ3n) is 2.68. The highest BCUT2D eigenvalue weighted by atomic mass is 31.2. The minimum Gasteiger partial charge on any atom is -0.480 e. The lowest BCUT2D eigenvalue weighted by Gasteiger charge is -2.18. The van der Waals surface area contributed by atoms with Gasteiger partial charge in [-0.25, -0.2) is 4.57 Å². The fourth-order valence-corrected chi connectivity index (χ4v) is 2.01. The normalized spacial score (nSPS) is 16.5. The maximum atomic E-state index is 11.2. The molecule has 0 amide bonds. The fraction of sp³-hybridized carbons (Fsp3) is 0.417. The lowest BCUT2D eigenvalue weighted by atomic mass is 10.1. The Kier molecular flexibility index (Phi) is 6.95. The molecule has 0 aliphatic heterocycles. The van der Waals surface area contributed by atoms with E-state index in [1.54, 1.807) is 0 Å². The van der Waals surface area contributed by atoms with E-state index < -0.39 is 26.2 Å². The second-order valence-electron chi connectivity index (χ2n) is 4.24. The van der Waals surface area contributed by atoms with Crippen LogP contribution in [0.5, 0.6) is 5.75 Å². The van der Waals surface area contributed by atoms with Crippen LogP contribution in [0, 0.1) is 0 Å². The Labute approximate surface area is 127 Å². The third-order valence-corrected chi connectivity index (χ3v) is 3.58. The maximum Gasteiger partial charge on any atom is 0.527 e. The van der Waals surface area contributed by atoms with Crippen molar-refractivity contribution < 1.29 is 38.3 Å². The number of nitrogens with one attached hydrogen (secondary N) is 1. The SMILES string of the molecule is COC(O)NC(Cc1ccc(OP(=O)(O)OC)cc1)C(=O)O. The highest BCUT2D eigenvalue weighted by Gasteiger charge is 2.22. The van der Waals surface area contributed by atoms with Gasteiger partial charge in [0.05, 0.1) is 0 Å². The number of phosphoric acid groups is 1. The van der Waals surface area contributed by atoms with Crippen LogP contribution in [0.25, 0.3) is 0 Å². The monoisotopic (exact) mass is 335 g/mol. The molecule has 9 nitrogen and oxygen atoms in total. The van der Waals surface area contributed by atoms with E-state index in [1.807, 2.05) is 0 Å². The number of carboxylic acids is 1. The van der Waals surface area contributed by atoms with Crippen LogP contribution in [-0.4, -0.2) is 47.8 Å².